The molecular weight excluding hydrogens is 264 g/mol. The molecule has 4 nitrogen and oxygen atoms in total. The zero-order valence-corrected chi connectivity index (χ0v) is 13.4. The molecular formula is C14H28O4S. The van der Waals surface area contributed by atoms with Crippen molar-refractivity contribution in [2.45, 2.75) is 70.7 Å². The van der Waals surface area contributed by atoms with E-state index in [1.54, 1.807) is 13.8 Å². The Morgan fingerprint density at radius 3 is 2.21 bits per heavy atom. The van der Waals surface area contributed by atoms with E-state index in [0.29, 0.717) is 24.7 Å². The molecule has 0 bridgehead atoms. The molecule has 1 fully saturated rings. The molecule has 0 spiro atoms. The predicted molar refractivity (Wildman–Crippen MR) is 76.4 cm³/mol. The van der Waals surface area contributed by atoms with Crippen molar-refractivity contribution in [3.05, 3.63) is 0 Å². The molecule has 0 amide bonds. The fourth-order valence-electron chi connectivity index (χ4n) is 2.60. The van der Waals surface area contributed by atoms with E-state index in [2.05, 4.69) is 13.8 Å². The van der Waals surface area contributed by atoms with E-state index in [1.807, 2.05) is 0 Å². The maximum absolute atomic E-state index is 12.0. The molecule has 0 aromatic heterocycles. The highest BCUT2D eigenvalue weighted by molar-refractivity contribution is 7.87. The average molecular weight is 292 g/mol. The molecule has 1 atom stereocenters. The Labute approximate surface area is 117 Å². The van der Waals surface area contributed by atoms with Crippen LogP contribution in [0.15, 0.2) is 0 Å². The van der Waals surface area contributed by atoms with Crippen LogP contribution < -0.4 is 0 Å². The normalized spacial score (nSPS) is 27.2. The van der Waals surface area contributed by atoms with Gasteiger partial charge in [0, 0.05) is 0 Å². The van der Waals surface area contributed by atoms with Crippen LogP contribution in [0.5, 0.6) is 0 Å². The summed E-state index contributed by atoms with van der Waals surface area (Å²) < 4.78 is 29.1. The monoisotopic (exact) mass is 292 g/mol. The van der Waals surface area contributed by atoms with E-state index in [4.69, 9.17) is 4.18 Å². The summed E-state index contributed by atoms with van der Waals surface area (Å²) in [5.41, 5.74) is -1.11. The fourth-order valence-corrected chi connectivity index (χ4v) is 4.10. The highest BCUT2D eigenvalue weighted by Crippen LogP contribution is 2.34. The summed E-state index contributed by atoms with van der Waals surface area (Å²) in [5.74, 6) is 1.31. The van der Waals surface area contributed by atoms with Crippen LogP contribution in [0.4, 0.5) is 0 Å². The minimum absolute atomic E-state index is 0.166. The lowest BCUT2D eigenvalue weighted by molar-refractivity contribution is 0.0298. The number of hydrogen-bond donors (Lipinski definition) is 1. The molecule has 5 heteroatoms. The molecule has 1 aliphatic carbocycles. The third-order valence-corrected chi connectivity index (χ3v) is 5.89. The van der Waals surface area contributed by atoms with Gasteiger partial charge in [0.1, 0.15) is 0 Å². The van der Waals surface area contributed by atoms with Crippen LogP contribution in [0, 0.1) is 11.8 Å². The summed E-state index contributed by atoms with van der Waals surface area (Å²) in [6.07, 6.45) is 4.44. The van der Waals surface area contributed by atoms with Crippen LogP contribution in [0.2, 0.25) is 0 Å². The van der Waals surface area contributed by atoms with E-state index in [-0.39, 0.29) is 6.61 Å². The standard InChI is InChI=1S/C14H28O4S/c1-5-11(2)12-6-8-13(9-7-12)19(16,17)18-10-14(3,4)15/h11-13,15H,5-10H2,1-4H3. The van der Waals surface area contributed by atoms with Gasteiger partial charge in [-0.3, -0.25) is 4.18 Å². The Morgan fingerprint density at radius 1 is 1.26 bits per heavy atom. The number of aliphatic hydroxyl groups is 1. The SMILES string of the molecule is CCC(C)C1CCC(S(=O)(=O)OCC(C)(C)O)CC1. The largest absolute Gasteiger partial charge is 0.388 e. The van der Waals surface area contributed by atoms with Gasteiger partial charge in [-0.1, -0.05) is 20.3 Å². The highest BCUT2D eigenvalue weighted by atomic mass is 32.2. The lowest BCUT2D eigenvalue weighted by Gasteiger charge is -2.31. The smallest absolute Gasteiger partial charge is 0.270 e. The van der Waals surface area contributed by atoms with Gasteiger partial charge < -0.3 is 5.11 Å². The molecule has 0 saturated heterocycles. The van der Waals surface area contributed by atoms with Gasteiger partial charge in [-0.15, -0.1) is 0 Å². The van der Waals surface area contributed by atoms with Gasteiger partial charge in [0.05, 0.1) is 17.5 Å². The van der Waals surface area contributed by atoms with Gasteiger partial charge in [-0.25, -0.2) is 0 Å². The Bertz CT molecular complexity index is 361. The molecule has 1 unspecified atom stereocenters. The van der Waals surface area contributed by atoms with Crippen molar-refractivity contribution in [2.24, 2.45) is 11.8 Å². The van der Waals surface area contributed by atoms with Crippen molar-refractivity contribution in [3.8, 4) is 0 Å². The minimum Gasteiger partial charge on any atom is -0.388 e. The number of rotatable bonds is 6. The van der Waals surface area contributed by atoms with Gasteiger partial charge in [0.2, 0.25) is 0 Å². The van der Waals surface area contributed by atoms with E-state index < -0.39 is 21.0 Å². The summed E-state index contributed by atoms with van der Waals surface area (Å²) >= 11 is 0. The van der Waals surface area contributed by atoms with E-state index in [9.17, 15) is 13.5 Å². The molecule has 1 aliphatic rings. The Hall–Kier alpha value is -0.130. The molecule has 0 heterocycles. The third-order valence-electron chi connectivity index (χ3n) is 4.15. The quantitative estimate of drug-likeness (QED) is 0.765. The van der Waals surface area contributed by atoms with Gasteiger partial charge in [0.25, 0.3) is 10.1 Å². The summed E-state index contributed by atoms with van der Waals surface area (Å²) in [6.45, 7) is 7.34. The van der Waals surface area contributed by atoms with Crippen LogP contribution in [0.3, 0.4) is 0 Å². The van der Waals surface area contributed by atoms with E-state index in [0.717, 1.165) is 19.3 Å². The first-order valence-corrected chi connectivity index (χ1v) is 8.73. The first kappa shape index (κ1) is 16.9. The number of hydrogen-bond acceptors (Lipinski definition) is 4. The van der Waals surface area contributed by atoms with Crippen molar-refractivity contribution in [1.82, 2.24) is 0 Å². The lowest BCUT2D eigenvalue weighted by Crippen LogP contribution is -2.34. The molecule has 1 saturated carbocycles. The molecule has 1 N–H and O–H groups in total. The second-order valence-corrected chi connectivity index (χ2v) is 8.38. The molecule has 0 aromatic carbocycles. The second-order valence-electron chi connectivity index (χ2n) is 6.49. The molecule has 1 rings (SSSR count). The highest BCUT2D eigenvalue weighted by Gasteiger charge is 2.34. The van der Waals surface area contributed by atoms with Gasteiger partial charge in [0.15, 0.2) is 0 Å². The Morgan fingerprint density at radius 2 is 1.79 bits per heavy atom. The maximum atomic E-state index is 12.0. The lowest BCUT2D eigenvalue weighted by atomic mass is 9.80. The zero-order valence-electron chi connectivity index (χ0n) is 12.6. The fraction of sp³-hybridized carbons (Fsp3) is 1.00. The predicted octanol–water partition coefficient (Wildman–Crippen LogP) is 2.71. The second kappa shape index (κ2) is 6.55. The van der Waals surface area contributed by atoms with Crippen molar-refractivity contribution in [3.63, 3.8) is 0 Å². The summed E-state index contributed by atoms with van der Waals surface area (Å²) in [6, 6.07) is 0. The molecule has 19 heavy (non-hydrogen) atoms. The van der Waals surface area contributed by atoms with Crippen LogP contribution in [0.1, 0.15) is 59.8 Å². The first-order chi connectivity index (χ1) is 8.65. The van der Waals surface area contributed by atoms with Crippen LogP contribution in [-0.2, 0) is 14.3 Å². The Balaban J connectivity index is 2.50. The van der Waals surface area contributed by atoms with Crippen molar-refractivity contribution >= 4 is 10.1 Å². The summed E-state index contributed by atoms with van der Waals surface area (Å²) in [7, 11) is -3.53. The van der Waals surface area contributed by atoms with E-state index in [1.165, 1.54) is 0 Å². The van der Waals surface area contributed by atoms with Gasteiger partial charge >= 0.3 is 0 Å². The zero-order chi connectivity index (χ0) is 14.7. The summed E-state index contributed by atoms with van der Waals surface area (Å²) in [4.78, 5) is 0. The van der Waals surface area contributed by atoms with Crippen molar-refractivity contribution in [1.29, 1.82) is 0 Å². The molecule has 0 radical (unpaired) electrons. The third kappa shape index (κ3) is 5.40. The average Bonchev–Trinajstić information content (AvgIpc) is 2.35. The molecule has 0 aromatic rings. The van der Waals surface area contributed by atoms with Gasteiger partial charge in [-0.2, -0.15) is 8.42 Å². The Kier molecular flexibility index (Phi) is 5.83. The van der Waals surface area contributed by atoms with E-state index >= 15 is 0 Å². The minimum atomic E-state index is -3.53. The van der Waals surface area contributed by atoms with Crippen LogP contribution >= 0.6 is 0 Å². The van der Waals surface area contributed by atoms with Crippen molar-refractivity contribution in [2.75, 3.05) is 6.61 Å². The van der Waals surface area contributed by atoms with Gasteiger partial charge in [-0.05, 0) is 51.4 Å². The first-order valence-electron chi connectivity index (χ1n) is 7.26. The molecule has 0 aliphatic heterocycles. The molecule has 114 valence electrons. The van der Waals surface area contributed by atoms with Crippen molar-refractivity contribution < 1.29 is 17.7 Å². The maximum Gasteiger partial charge on any atom is 0.270 e. The topological polar surface area (TPSA) is 63.6 Å². The van der Waals surface area contributed by atoms with Crippen LogP contribution in [0.25, 0.3) is 0 Å². The van der Waals surface area contributed by atoms with Crippen LogP contribution in [-0.4, -0.2) is 31.0 Å². The summed E-state index contributed by atoms with van der Waals surface area (Å²) in [5, 5.41) is 9.14.